The Morgan fingerprint density at radius 3 is 2.55 bits per heavy atom. The van der Waals surface area contributed by atoms with Gasteiger partial charge in [0, 0.05) is 5.69 Å². The molecule has 0 unspecified atom stereocenters. The predicted octanol–water partition coefficient (Wildman–Crippen LogP) is 4.23. The molecule has 3 aromatic carbocycles. The quantitative estimate of drug-likeness (QED) is 0.400. The number of aryl methyl sites for hydroxylation is 2. The lowest BCUT2D eigenvalue weighted by molar-refractivity contribution is -0.113. The van der Waals surface area contributed by atoms with Gasteiger partial charge in [0.15, 0.2) is 16.3 Å². The zero-order chi connectivity index (χ0) is 28.0. The average Bonchev–Trinajstić information content (AvgIpc) is 3.52. The van der Waals surface area contributed by atoms with Crippen molar-refractivity contribution in [1.29, 1.82) is 0 Å². The van der Waals surface area contributed by atoms with Crippen LogP contribution < -0.4 is 34.4 Å². The van der Waals surface area contributed by atoms with Gasteiger partial charge in [-0.3, -0.25) is 14.2 Å². The number of amides is 1. The highest BCUT2D eigenvalue weighted by atomic mass is 32.1. The van der Waals surface area contributed by atoms with Crippen molar-refractivity contribution in [1.82, 2.24) is 4.57 Å². The number of hydrogen-bond acceptors (Lipinski definition) is 7. The molecule has 9 heteroatoms. The van der Waals surface area contributed by atoms with Crippen LogP contribution in [0.2, 0.25) is 0 Å². The summed E-state index contributed by atoms with van der Waals surface area (Å²) in [5.74, 6) is 1.69. The van der Waals surface area contributed by atoms with Crippen LogP contribution in [0.25, 0.3) is 6.08 Å². The maximum absolute atomic E-state index is 14.0. The van der Waals surface area contributed by atoms with Gasteiger partial charge in [0.25, 0.3) is 11.5 Å². The molecular formula is C31H27N3O5S. The van der Waals surface area contributed by atoms with E-state index in [9.17, 15) is 9.59 Å². The number of ether oxygens (including phenoxy) is 3. The normalized spacial score (nSPS) is 16.0. The summed E-state index contributed by atoms with van der Waals surface area (Å²) in [4.78, 5) is 33.0. The van der Waals surface area contributed by atoms with Gasteiger partial charge < -0.3 is 19.5 Å². The third kappa shape index (κ3) is 4.48. The van der Waals surface area contributed by atoms with Crippen LogP contribution in [0.5, 0.6) is 17.2 Å². The molecule has 0 saturated heterocycles. The fourth-order valence-electron chi connectivity index (χ4n) is 5.01. The van der Waals surface area contributed by atoms with E-state index < -0.39 is 6.04 Å². The number of nitrogens with zero attached hydrogens (tertiary/aromatic N) is 2. The third-order valence-electron chi connectivity index (χ3n) is 7.09. The van der Waals surface area contributed by atoms with Crippen LogP contribution in [-0.4, -0.2) is 24.4 Å². The third-order valence-corrected chi connectivity index (χ3v) is 8.08. The summed E-state index contributed by atoms with van der Waals surface area (Å²) in [6.45, 7) is 5.89. The van der Waals surface area contributed by atoms with Gasteiger partial charge in [-0.05, 0) is 79.4 Å². The van der Waals surface area contributed by atoms with Crippen molar-refractivity contribution >= 4 is 29.0 Å². The van der Waals surface area contributed by atoms with E-state index in [4.69, 9.17) is 19.2 Å². The number of rotatable bonds is 5. The van der Waals surface area contributed by atoms with Crippen LogP contribution in [0, 0.1) is 13.8 Å². The van der Waals surface area contributed by atoms with Crippen LogP contribution in [0.4, 0.5) is 5.69 Å². The van der Waals surface area contributed by atoms with E-state index in [0.29, 0.717) is 43.5 Å². The largest absolute Gasteiger partial charge is 0.496 e. The first-order valence-electron chi connectivity index (χ1n) is 12.8. The molecular weight excluding hydrogens is 526 g/mol. The van der Waals surface area contributed by atoms with Crippen LogP contribution in [0.1, 0.15) is 35.2 Å². The summed E-state index contributed by atoms with van der Waals surface area (Å²) in [6, 6.07) is 18.1. The molecule has 4 aromatic rings. The Kier molecular flexibility index (Phi) is 6.51. The fraction of sp³-hybridized carbons (Fsp3) is 0.194. The summed E-state index contributed by atoms with van der Waals surface area (Å²) in [5.41, 5.74) is 4.87. The molecule has 1 N–H and O–H groups in total. The van der Waals surface area contributed by atoms with Crippen molar-refractivity contribution in [2.24, 2.45) is 4.99 Å². The number of carbonyl (C=O) groups excluding carboxylic acids is 1. The highest BCUT2D eigenvalue weighted by Crippen LogP contribution is 2.35. The number of carbonyl (C=O) groups is 1. The topological polar surface area (TPSA) is 91.2 Å². The standard InChI is InChI=1S/C31H27N3O5S/c1-17-10-11-20(13-23(17)37-4)28-27(29(35)33-22-8-6-5-7-9-22)19(3)32-31-34(28)30(36)26(40-31)15-21-14-25-24(12-18(21)2)38-16-39-25/h5-15,28H,16H2,1-4H3,(H,33,35)/b26-15-/t28-/m0/s1. The molecule has 6 rings (SSSR count). The van der Waals surface area contributed by atoms with Gasteiger partial charge in [-0.15, -0.1) is 0 Å². The predicted molar refractivity (Wildman–Crippen MR) is 154 cm³/mol. The molecule has 0 saturated carbocycles. The van der Waals surface area contributed by atoms with Gasteiger partial charge in [-0.1, -0.05) is 41.7 Å². The number of para-hydroxylation sites is 1. The first kappa shape index (κ1) is 25.6. The minimum atomic E-state index is -0.700. The van der Waals surface area contributed by atoms with Gasteiger partial charge in [-0.25, -0.2) is 4.99 Å². The van der Waals surface area contributed by atoms with Gasteiger partial charge in [-0.2, -0.15) is 0 Å². The summed E-state index contributed by atoms with van der Waals surface area (Å²) >= 11 is 1.29. The van der Waals surface area contributed by atoms with E-state index in [1.54, 1.807) is 18.6 Å². The van der Waals surface area contributed by atoms with Crippen molar-refractivity contribution in [3.8, 4) is 17.2 Å². The molecule has 2 aliphatic rings. The number of aromatic nitrogens is 1. The molecule has 0 aliphatic carbocycles. The van der Waals surface area contributed by atoms with E-state index in [1.807, 2.05) is 80.6 Å². The zero-order valence-electron chi connectivity index (χ0n) is 22.5. The van der Waals surface area contributed by atoms with Crippen LogP contribution in [0.15, 0.2) is 81.7 Å². The van der Waals surface area contributed by atoms with Crippen molar-refractivity contribution < 1.29 is 19.0 Å². The molecule has 0 spiro atoms. The Morgan fingerprint density at radius 2 is 1.80 bits per heavy atom. The average molecular weight is 554 g/mol. The summed E-state index contributed by atoms with van der Waals surface area (Å²) < 4.78 is 18.7. The van der Waals surface area contributed by atoms with Crippen LogP contribution in [0.3, 0.4) is 0 Å². The highest BCUT2D eigenvalue weighted by Gasteiger charge is 2.33. The van der Waals surface area contributed by atoms with E-state index in [-0.39, 0.29) is 18.3 Å². The molecule has 0 radical (unpaired) electrons. The molecule has 40 heavy (non-hydrogen) atoms. The Bertz CT molecular complexity index is 1870. The van der Waals surface area contributed by atoms with E-state index in [1.165, 1.54) is 11.3 Å². The molecule has 0 fully saturated rings. The number of nitrogens with one attached hydrogen (secondary N) is 1. The lowest BCUT2D eigenvalue weighted by atomic mass is 9.94. The molecule has 202 valence electrons. The summed E-state index contributed by atoms with van der Waals surface area (Å²) in [5, 5.41) is 2.98. The van der Waals surface area contributed by atoms with Gasteiger partial charge in [0.2, 0.25) is 6.79 Å². The Labute approximate surface area is 234 Å². The number of methoxy groups -OCH3 is 1. The Hall–Kier alpha value is -4.63. The first-order valence-corrected chi connectivity index (χ1v) is 13.6. The van der Waals surface area contributed by atoms with Crippen molar-refractivity contribution in [3.05, 3.63) is 114 Å². The molecule has 2 aliphatic heterocycles. The molecule has 3 heterocycles. The maximum Gasteiger partial charge on any atom is 0.271 e. The SMILES string of the molecule is COc1cc([C@H]2C(C(=O)Nc3ccccc3)=C(C)N=c3s/c(=C\c4cc5c(cc4C)OCO5)c(=O)n32)ccc1C. The lowest BCUT2D eigenvalue weighted by Crippen LogP contribution is -2.40. The number of allylic oxidation sites excluding steroid dienone is 1. The number of benzene rings is 3. The molecule has 8 nitrogen and oxygen atoms in total. The summed E-state index contributed by atoms with van der Waals surface area (Å²) in [6.07, 6.45) is 1.84. The zero-order valence-corrected chi connectivity index (χ0v) is 23.3. The van der Waals surface area contributed by atoms with E-state index in [0.717, 1.165) is 22.3 Å². The van der Waals surface area contributed by atoms with E-state index >= 15 is 0 Å². The summed E-state index contributed by atoms with van der Waals surface area (Å²) in [7, 11) is 1.61. The minimum Gasteiger partial charge on any atom is -0.496 e. The van der Waals surface area contributed by atoms with E-state index in [2.05, 4.69) is 5.32 Å². The lowest BCUT2D eigenvalue weighted by Gasteiger charge is -2.26. The maximum atomic E-state index is 14.0. The van der Waals surface area contributed by atoms with Gasteiger partial charge >= 0.3 is 0 Å². The van der Waals surface area contributed by atoms with Crippen LogP contribution in [-0.2, 0) is 4.79 Å². The molecule has 1 amide bonds. The monoisotopic (exact) mass is 553 g/mol. The highest BCUT2D eigenvalue weighted by molar-refractivity contribution is 7.07. The number of fused-ring (bicyclic) bond motifs is 2. The van der Waals surface area contributed by atoms with Gasteiger partial charge in [0.1, 0.15) is 5.75 Å². The fourth-order valence-corrected chi connectivity index (χ4v) is 6.05. The Balaban J connectivity index is 1.53. The molecule has 0 bridgehead atoms. The smallest absolute Gasteiger partial charge is 0.271 e. The second-order valence-electron chi connectivity index (χ2n) is 9.69. The minimum absolute atomic E-state index is 0.174. The van der Waals surface area contributed by atoms with Crippen molar-refractivity contribution in [2.75, 3.05) is 19.2 Å². The second kappa shape index (κ2) is 10.2. The number of anilines is 1. The Morgan fingerprint density at radius 1 is 1.05 bits per heavy atom. The molecule has 1 atom stereocenters. The molecule has 1 aromatic heterocycles. The van der Waals surface area contributed by atoms with Crippen molar-refractivity contribution in [3.63, 3.8) is 0 Å². The first-order chi connectivity index (χ1) is 19.3. The van der Waals surface area contributed by atoms with Gasteiger partial charge in [0.05, 0.1) is 29.0 Å². The number of hydrogen-bond donors (Lipinski definition) is 1. The number of thiazole rings is 1. The van der Waals surface area contributed by atoms with Crippen molar-refractivity contribution in [2.45, 2.75) is 26.8 Å². The van der Waals surface area contributed by atoms with Crippen LogP contribution >= 0.6 is 11.3 Å². The second-order valence-corrected chi connectivity index (χ2v) is 10.7.